The van der Waals surface area contributed by atoms with Crippen molar-refractivity contribution in [3.05, 3.63) is 34.4 Å². The van der Waals surface area contributed by atoms with Gasteiger partial charge in [0.05, 0.1) is 29.9 Å². The first-order valence-electron chi connectivity index (χ1n) is 11.3. The summed E-state index contributed by atoms with van der Waals surface area (Å²) in [4.78, 5) is 17.6. The summed E-state index contributed by atoms with van der Waals surface area (Å²) in [5, 5.41) is 13.6. The molecule has 2 heterocycles. The Bertz CT molecular complexity index is 864. The fourth-order valence-electron chi connectivity index (χ4n) is 4.57. The van der Waals surface area contributed by atoms with E-state index in [1.54, 1.807) is 19.2 Å². The molecule has 0 radical (unpaired) electrons. The number of carbonyl (C=O) groups is 1. The number of nitrogens with one attached hydrogen (secondary N) is 4. The number of ether oxygens (including phenoxy) is 1. The largest absolute Gasteiger partial charge is 0.496 e. The van der Waals surface area contributed by atoms with Gasteiger partial charge < -0.3 is 26.0 Å². The number of anilines is 1. The summed E-state index contributed by atoms with van der Waals surface area (Å²) in [6.45, 7) is 2.53. The molecule has 31 heavy (non-hydrogen) atoms. The summed E-state index contributed by atoms with van der Waals surface area (Å²) < 4.78 is 5.54. The summed E-state index contributed by atoms with van der Waals surface area (Å²) in [7, 11) is 1.57. The molecule has 1 fully saturated rings. The zero-order valence-corrected chi connectivity index (χ0v) is 18.9. The highest BCUT2D eigenvalue weighted by atomic mass is 35.5. The molecule has 1 aliphatic carbocycles. The number of benzene rings is 1. The Morgan fingerprint density at radius 2 is 2.23 bits per heavy atom. The summed E-state index contributed by atoms with van der Waals surface area (Å²) in [6.07, 6.45) is 10.2. The first-order valence-corrected chi connectivity index (χ1v) is 11.7. The average Bonchev–Trinajstić information content (AvgIpc) is 3.49. The van der Waals surface area contributed by atoms with Crippen LogP contribution in [0.2, 0.25) is 5.02 Å². The van der Waals surface area contributed by atoms with E-state index in [0.29, 0.717) is 34.0 Å². The van der Waals surface area contributed by atoms with E-state index in [1.165, 1.54) is 18.4 Å². The highest BCUT2D eigenvalue weighted by molar-refractivity contribution is 6.34. The zero-order chi connectivity index (χ0) is 21.6. The average molecular weight is 446 g/mol. The molecule has 1 aromatic rings. The predicted octanol–water partition coefficient (Wildman–Crippen LogP) is 3.46. The third-order valence-electron chi connectivity index (χ3n) is 6.23. The molecular formula is C23H32ClN5O2. The van der Waals surface area contributed by atoms with Crippen molar-refractivity contribution < 1.29 is 9.53 Å². The van der Waals surface area contributed by atoms with Gasteiger partial charge >= 0.3 is 0 Å². The fraction of sp³-hybridized carbons (Fsp3) is 0.565. The Labute approximate surface area is 189 Å². The molecule has 4 rings (SSSR count). The minimum absolute atomic E-state index is 0.0534. The molecule has 2 aliphatic heterocycles. The van der Waals surface area contributed by atoms with E-state index in [-0.39, 0.29) is 11.9 Å². The number of nitrogens with zero attached hydrogens (tertiary/aromatic N) is 1. The van der Waals surface area contributed by atoms with Crippen molar-refractivity contribution in [3.63, 3.8) is 0 Å². The molecule has 2 atom stereocenters. The molecule has 0 bridgehead atoms. The Morgan fingerprint density at radius 3 is 2.90 bits per heavy atom. The van der Waals surface area contributed by atoms with E-state index >= 15 is 0 Å². The molecule has 1 saturated heterocycles. The molecule has 0 saturated carbocycles. The Hall–Kier alpha value is -2.25. The highest BCUT2D eigenvalue weighted by Crippen LogP contribution is 2.32. The molecule has 0 spiro atoms. The molecule has 168 valence electrons. The van der Waals surface area contributed by atoms with Crippen molar-refractivity contribution >= 4 is 29.2 Å². The topological polar surface area (TPSA) is 86.8 Å². The molecule has 8 heteroatoms. The van der Waals surface area contributed by atoms with Crippen molar-refractivity contribution in [1.29, 1.82) is 0 Å². The maximum atomic E-state index is 13.3. The molecule has 2 unspecified atom stereocenters. The number of hydrogen-bond donors (Lipinski definition) is 4. The minimum Gasteiger partial charge on any atom is -0.496 e. The van der Waals surface area contributed by atoms with Gasteiger partial charge in [0.2, 0.25) is 0 Å². The van der Waals surface area contributed by atoms with Gasteiger partial charge in [0.1, 0.15) is 5.75 Å². The van der Waals surface area contributed by atoms with E-state index < -0.39 is 0 Å². The van der Waals surface area contributed by atoms with Gasteiger partial charge in [0.25, 0.3) is 5.91 Å². The summed E-state index contributed by atoms with van der Waals surface area (Å²) >= 11 is 6.50. The summed E-state index contributed by atoms with van der Waals surface area (Å²) in [5.41, 5.74) is 2.56. The van der Waals surface area contributed by atoms with E-state index in [9.17, 15) is 4.79 Å². The lowest BCUT2D eigenvalue weighted by Gasteiger charge is -2.27. The molecule has 4 N–H and O–H groups in total. The van der Waals surface area contributed by atoms with Gasteiger partial charge in [0, 0.05) is 24.7 Å². The lowest BCUT2D eigenvalue weighted by molar-refractivity contribution is 0.0925. The second-order valence-electron chi connectivity index (χ2n) is 8.41. The van der Waals surface area contributed by atoms with Crippen molar-refractivity contribution in [3.8, 4) is 5.75 Å². The van der Waals surface area contributed by atoms with Gasteiger partial charge in [0.15, 0.2) is 5.96 Å². The van der Waals surface area contributed by atoms with E-state index in [2.05, 4.69) is 32.3 Å². The normalized spacial score (nSPS) is 21.7. The van der Waals surface area contributed by atoms with Crippen LogP contribution >= 0.6 is 11.6 Å². The van der Waals surface area contributed by atoms with Crippen LogP contribution in [0.4, 0.5) is 5.69 Å². The van der Waals surface area contributed by atoms with Gasteiger partial charge in [-0.05, 0) is 57.6 Å². The van der Waals surface area contributed by atoms with E-state index in [1.807, 2.05) is 0 Å². The highest BCUT2D eigenvalue weighted by Gasteiger charge is 2.28. The Balaban J connectivity index is 1.51. The number of aliphatic imine (C=N–C) groups is 1. The van der Waals surface area contributed by atoms with Crippen molar-refractivity contribution in [1.82, 2.24) is 16.0 Å². The fourth-order valence-corrected chi connectivity index (χ4v) is 4.78. The first-order chi connectivity index (χ1) is 15.1. The van der Waals surface area contributed by atoms with Crippen LogP contribution in [0.1, 0.15) is 55.3 Å². The number of rotatable bonds is 7. The maximum Gasteiger partial charge on any atom is 0.255 e. The van der Waals surface area contributed by atoms with Crippen molar-refractivity contribution in [2.75, 3.05) is 32.1 Å². The van der Waals surface area contributed by atoms with E-state index in [0.717, 1.165) is 51.7 Å². The van der Waals surface area contributed by atoms with Crippen LogP contribution in [0.3, 0.4) is 0 Å². The third kappa shape index (κ3) is 5.52. The molecule has 7 nitrogen and oxygen atoms in total. The first kappa shape index (κ1) is 22.0. The number of amides is 1. The quantitative estimate of drug-likeness (QED) is 0.483. The molecule has 3 aliphatic rings. The third-order valence-corrected chi connectivity index (χ3v) is 6.54. The number of allylic oxidation sites excluding steroid dienone is 1. The van der Waals surface area contributed by atoms with Gasteiger partial charge in [-0.2, -0.15) is 0 Å². The van der Waals surface area contributed by atoms with Crippen LogP contribution < -0.4 is 26.0 Å². The van der Waals surface area contributed by atoms with E-state index in [4.69, 9.17) is 16.3 Å². The van der Waals surface area contributed by atoms with Gasteiger partial charge in [-0.1, -0.05) is 23.3 Å². The Kier molecular flexibility index (Phi) is 7.35. The van der Waals surface area contributed by atoms with Gasteiger partial charge in [-0.25, -0.2) is 0 Å². The predicted molar refractivity (Wildman–Crippen MR) is 125 cm³/mol. The summed E-state index contributed by atoms with van der Waals surface area (Å²) in [5.74, 6) is 1.00. The number of halogens is 1. The lowest BCUT2D eigenvalue weighted by Crippen LogP contribution is -2.47. The van der Waals surface area contributed by atoms with Crippen LogP contribution in [0.25, 0.3) is 0 Å². The minimum atomic E-state index is -0.156. The molecule has 1 amide bonds. The maximum absolute atomic E-state index is 13.3. The zero-order valence-electron chi connectivity index (χ0n) is 18.1. The van der Waals surface area contributed by atoms with Gasteiger partial charge in [-0.15, -0.1) is 0 Å². The van der Waals surface area contributed by atoms with Crippen LogP contribution in [-0.4, -0.2) is 50.7 Å². The number of hydrogen-bond acceptors (Lipinski definition) is 6. The number of methoxy groups -OCH3 is 1. The lowest BCUT2D eigenvalue weighted by atomic mass is 9.91. The Morgan fingerprint density at radius 1 is 1.32 bits per heavy atom. The molecule has 1 aromatic carbocycles. The molecular weight excluding hydrogens is 414 g/mol. The number of guanidine groups is 1. The number of carbonyl (C=O) groups excluding carboxylic acids is 1. The monoisotopic (exact) mass is 445 g/mol. The van der Waals surface area contributed by atoms with Crippen LogP contribution in [0, 0.1) is 0 Å². The SMILES string of the molecule is COc1cc(NC2=NCCN2)c(Cl)cc1C(=O)NC(CC1=CCCCC1)C1CCCN1. The second-order valence-corrected chi connectivity index (χ2v) is 8.82. The van der Waals surface area contributed by atoms with Crippen LogP contribution in [-0.2, 0) is 0 Å². The summed E-state index contributed by atoms with van der Waals surface area (Å²) in [6, 6.07) is 3.78. The van der Waals surface area contributed by atoms with Crippen LogP contribution in [0.15, 0.2) is 28.8 Å². The van der Waals surface area contributed by atoms with Crippen LogP contribution in [0.5, 0.6) is 5.75 Å². The standard InChI is InChI=1S/C23H32ClN5O2/c1-31-21-14-19(29-23-26-10-11-27-23)17(24)13-16(21)22(30)28-20(18-8-5-9-25-18)12-15-6-3-2-4-7-15/h6,13-14,18,20,25H,2-5,7-12H2,1H3,(H,28,30)(H2,26,27,29). The van der Waals surface area contributed by atoms with Crippen molar-refractivity contribution in [2.45, 2.75) is 57.0 Å². The second kappa shape index (κ2) is 10.4. The van der Waals surface area contributed by atoms with Gasteiger partial charge in [-0.3, -0.25) is 9.79 Å². The van der Waals surface area contributed by atoms with Crippen molar-refractivity contribution in [2.24, 2.45) is 4.99 Å². The smallest absolute Gasteiger partial charge is 0.255 e. The molecule has 0 aromatic heterocycles.